The largest absolute Gasteiger partial charge is 0.387 e. The van der Waals surface area contributed by atoms with E-state index in [2.05, 4.69) is 5.32 Å². The average Bonchev–Trinajstić information content (AvgIpc) is 3.09. The molecule has 0 saturated carbocycles. The summed E-state index contributed by atoms with van der Waals surface area (Å²) in [7, 11) is 0. The van der Waals surface area contributed by atoms with E-state index >= 15 is 0 Å². The summed E-state index contributed by atoms with van der Waals surface area (Å²) in [5, 5.41) is 15.3. The molecule has 2 aromatic rings. The Morgan fingerprint density at radius 2 is 2.00 bits per heavy atom. The summed E-state index contributed by atoms with van der Waals surface area (Å²) in [5.41, 5.74) is 0.767. The number of aliphatic hydroxyl groups is 1. The fourth-order valence-electron chi connectivity index (χ4n) is 3.26. The molecule has 1 aliphatic heterocycles. The first-order chi connectivity index (χ1) is 11.6. The average molecular weight is 326 g/mol. The maximum Gasteiger partial charge on any atom is 0.242 e. The Hall–Kier alpha value is -2.40. The number of carbonyl (C=O) groups is 2. The van der Waals surface area contributed by atoms with Crippen LogP contribution in [-0.2, 0) is 9.59 Å². The van der Waals surface area contributed by atoms with Crippen LogP contribution in [-0.4, -0.2) is 41.0 Å². The molecular formula is C19H22N2O3. The Morgan fingerprint density at radius 3 is 2.75 bits per heavy atom. The number of nitrogens with one attached hydrogen (secondary N) is 1. The fraction of sp³-hybridized carbons (Fsp3) is 0.368. The molecule has 0 aromatic heterocycles. The number of likely N-dealkylation sites (tertiary alicyclic amines) is 1. The zero-order valence-electron chi connectivity index (χ0n) is 13.7. The molecule has 2 atom stereocenters. The molecule has 0 spiro atoms. The first kappa shape index (κ1) is 16.5. The molecule has 2 N–H and O–H groups in total. The van der Waals surface area contributed by atoms with E-state index in [4.69, 9.17) is 0 Å². The number of hydrogen-bond donors (Lipinski definition) is 2. The summed E-state index contributed by atoms with van der Waals surface area (Å²) in [6, 6.07) is 13.3. The molecule has 1 saturated heterocycles. The van der Waals surface area contributed by atoms with E-state index in [1.54, 1.807) is 4.90 Å². The molecule has 1 fully saturated rings. The maximum atomic E-state index is 12.3. The molecule has 2 amide bonds. The molecule has 0 bridgehead atoms. The lowest BCUT2D eigenvalue weighted by Crippen LogP contribution is -2.46. The van der Waals surface area contributed by atoms with Crippen molar-refractivity contribution in [3.8, 4) is 0 Å². The van der Waals surface area contributed by atoms with Crippen LogP contribution in [0.15, 0.2) is 42.5 Å². The molecule has 1 aliphatic rings. The highest BCUT2D eigenvalue weighted by Crippen LogP contribution is 2.21. The van der Waals surface area contributed by atoms with Gasteiger partial charge in [0.2, 0.25) is 11.8 Å². The number of hydrogen-bond acceptors (Lipinski definition) is 3. The van der Waals surface area contributed by atoms with E-state index in [-0.39, 0.29) is 18.4 Å². The number of rotatable bonds is 4. The van der Waals surface area contributed by atoms with Crippen molar-refractivity contribution in [3.05, 3.63) is 48.0 Å². The van der Waals surface area contributed by atoms with Crippen LogP contribution in [0.1, 0.15) is 31.4 Å². The van der Waals surface area contributed by atoms with Crippen molar-refractivity contribution in [3.63, 3.8) is 0 Å². The number of carbonyl (C=O) groups excluding carboxylic acids is 2. The van der Waals surface area contributed by atoms with Crippen molar-refractivity contribution in [2.45, 2.75) is 31.9 Å². The van der Waals surface area contributed by atoms with Crippen LogP contribution in [0.4, 0.5) is 0 Å². The predicted octanol–water partition coefficient (Wildman–Crippen LogP) is 2.00. The Kier molecular flexibility index (Phi) is 4.81. The normalized spacial score (nSPS) is 18.6. The Labute approximate surface area is 141 Å². The monoisotopic (exact) mass is 326 g/mol. The quantitative estimate of drug-likeness (QED) is 0.903. The van der Waals surface area contributed by atoms with Gasteiger partial charge in [-0.05, 0) is 35.2 Å². The Balaban J connectivity index is 1.62. The molecular weight excluding hydrogens is 304 g/mol. The highest BCUT2D eigenvalue weighted by molar-refractivity contribution is 5.87. The van der Waals surface area contributed by atoms with Gasteiger partial charge in [-0.3, -0.25) is 9.59 Å². The lowest BCUT2D eigenvalue weighted by Gasteiger charge is -2.23. The number of benzene rings is 2. The number of amides is 2. The smallest absolute Gasteiger partial charge is 0.242 e. The zero-order valence-corrected chi connectivity index (χ0v) is 13.7. The van der Waals surface area contributed by atoms with Gasteiger partial charge in [0.25, 0.3) is 0 Å². The van der Waals surface area contributed by atoms with Gasteiger partial charge in [0.15, 0.2) is 0 Å². The first-order valence-corrected chi connectivity index (χ1v) is 8.28. The molecule has 126 valence electrons. The summed E-state index contributed by atoms with van der Waals surface area (Å²) in [6.45, 7) is 2.25. The van der Waals surface area contributed by atoms with Gasteiger partial charge in [0, 0.05) is 20.0 Å². The summed E-state index contributed by atoms with van der Waals surface area (Å²) in [4.78, 5) is 25.4. The second kappa shape index (κ2) is 7.01. The Morgan fingerprint density at radius 1 is 1.25 bits per heavy atom. The van der Waals surface area contributed by atoms with Gasteiger partial charge in [0.05, 0.1) is 6.10 Å². The maximum absolute atomic E-state index is 12.3. The highest BCUT2D eigenvalue weighted by atomic mass is 16.3. The summed E-state index contributed by atoms with van der Waals surface area (Å²) in [6.07, 6.45) is 0.744. The summed E-state index contributed by atoms with van der Waals surface area (Å²) < 4.78 is 0. The van der Waals surface area contributed by atoms with Crippen molar-refractivity contribution >= 4 is 22.6 Å². The molecule has 0 unspecified atom stereocenters. The SMILES string of the molecule is CC(=O)N1CCC[C@H]1C(=O)NC[C@@H](O)c1ccc2ccccc2c1. The van der Waals surface area contributed by atoms with Crippen LogP contribution < -0.4 is 5.32 Å². The van der Waals surface area contributed by atoms with Crippen LogP contribution >= 0.6 is 0 Å². The third-order valence-electron chi connectivity index (χ3n) is 4.59. The standard InChI is InChI=1S/C19H22N2O3/c1-13(22)21-10-4-7-17(21)19(24)20-12-18(23)16-9-8-14-5-2-3-6-15(14)11-16/h2-3,5-6,8-9,11,17-18,23H,4,7,10,12H2,1H3,(H,20,24)/t17-,18+/m0/s1. The predicted molar refractivity (Wildman–Crippen MR) is 92.3 cm³/mol. The highest BCUT2D eigenvalue weighted by Gasteiger charge is 2.32. The number of aliphatic hydroxyl groups excluding tert-OH is 1. The van der Waals surface area contributed by atoms with E-state index in [1.807, 2.05) is 42.5 Å². The second-order valence-corrected chi connectivity index (χ2v) is 6.24. The number of fused-ring (bicyclic) bond motifs is 1. The third-order valence-corrected chi connectivity index (χ3v) is 4.59. The van der Waals surface area contributed by atoms with Crippen LogP contribution in [0.5, 0.6) is 0 Å². The molecule has 5 nitrogen and oxygen atoms in total. The van der Waals surface area contributed by atoms with Gasteiger partial charge in [-0.25, -0.2) is 0 Å². The summed E-state index contributed by atoms with van der Waals surface area (Å²) >= 11 is 0. The van der Waals surface area contributed by atoms with Gasteiger partial charge in [0.1, 0.15) is 6.04 Å². The lowest BCUT2D eigenvalue weighted by molar-refractivity contribution is -0.137. The zero-order chi connectivity index (χ0) is 17.1. The molecule has 0 aliphatic carbocycles. The van der Waals surface area contributed by atoms with Crippen molar-refractivity contribution in [1.29, 1.82) is 0 Å². The van der Waals surface area contributed by atoms with Gasteiger partial charge in [-0.1, -0.05) is 36.4 Å². The van der Waals surface area contributed by atoms with E-state index in [0.717, 1.165) is 22.8 Å². The molecule has 5 heteroatoms. The minimum absolute atomic E-state index is 0.0808. The van der Waals surface area contributed by atoms with Crippen molar-refractivity contribution in [2.24, 2.45) is 0 Å². The van der Waals surface area contributed by atoms with E-state index in [1.165, 1.54) is 6.92 Å². The fourth-order valence-corrected chi connectivity index (χ4v) is 3.26. The number of nitrogens with zero attached hydrogens (tertiary/aromatic N) is 1. The topological polar surface area (TPSA) is 69.6 Å². The van der Waals surface area contributed by atoms with Crippen molar-refractivity contribution < 1.29 is 14.7 Å². The third kappa shape index (κ3) is 3.41. The van der Waals surface area contributed by atoms with Crippen LogP contribution in [0.3, 0.4) is 0 Å². The molecule has 1 heterocycles. The first-order valence-electron chi connectivity index (χ1n) is 8.28. The molecule has 24 heavy (non-hydrogen) atoms. The van der Waals surface area contributed by atoms with Crippen LogP contribution in [0.25, 0.3) is 10.8 Å². The van der Waals surface area contributed by atoms with E-state index < -0.39 is 12.1 Å². The van der Waals surface area contributed by atoms with Crippen LogP contribution in [0, 0.1) is 0 Å². The van der Waals surface area contributed by atoms with Crippen molar-refractivity contribution in [2.75, 3.05) is 13.1 Å². The van der Waals surface area contributed by atoms with E-state index in [0.29, 0.717) is 13.0 Å². The minimum Gasteiger partial charge on any atom is -0.387 e. The second-order valence-electron chi connectivity index (χ2n) is 6.24. The molecule has 3 rings (SSSR count). The van der Waals surface area contributed by atoms with E-state index in [9.17, 15) is 14.7 Å². The summed E-state index contributed by atoms with van der Waals surface area (Å²) in [5.74, 6) is -0.273. The van der Waals surface area contributed by atoms with Crippen LogP contribution in [0.2, 0.25) is 0 Å². The van der Waals surface area contributed by atoms with Gasteiger partial charge < -0.3 is 15.3 Å². The molecule has 2 aromatic carbocycles. The lowest BCUT2D eigenvalue weighted by atomic mass is 10.0. The van der Waals surface area contributed by atoms with Crippen molar-refractivity contribution in [1.82, 2.24) is 10.2 Å². The van der Waals surface area contributed by atoms with Gasteiger partial charge >= 0.3 is 0 Å². The molecule has 0 radical (unpaired) electrons. The minimum atomic E-state index is -0.772. The van der Waals surface area contributed by atoms with Gasteiger partial charge in [-0.15, -0.1) is 0 Å². The Bertz CT molecular complexity index is 759. The van der Waals surface area contributed by atoms with Gasteiger partial charge in [-0.2, -0.15) is 0 Å².